The highest BCUT2D eigenvalue weighted by molar-refractivity contribution is 7.91. The number of hydrogen-bond donors (Lipinski definition) is 1. The number of rotatable bonds is 12. The molecule has 2 fully saturated rings. The van der Waals surface area contributed by atoms with Gasteiger partial charge in [-0.3, -0.25) is 0 Å². The topological polar surface area (TPSA) is 101 Å². The zero-order valence-electron chi connectivity index (χ0n) is 31.6. The molecule has 0 aliphatic carbocycles. The molecule has 0 amide bonds. The maximum Gasteiger partial charge on any atom is 0.261 e. The fraction of sp³-hybridized carbons (Fsp3) is 0.512. The molecule has 0 unspecified atom stereocenters. The number of sulfone groups is 1. The summed E-state index contributed by atoms with van der Waals surface area (Å²) in [5.41, 5.74) is -0.535. The van der Waals surface area contributed by atoms with Gasteiger partial charge in [0, 0.05) is 18.9 Å². The molecule has 3 aromatic carbocycles. The second kappa shape index (κ2) is 15.0. The van der Waals surface area contributed by atoms with Gasteiger partial charge in [-0.1, -0.05) is 120 Å². The van der Waals surface area contributed by atoms with Gasteiger partial charge in [-0.25, -0.2) is 8.42 Å². The zero-order valence-corrected chi connectivity index (χ0v) is 33.4. The second-order valence-corrected chi connectivity index (χ2v) is 22.3. The summed E-state index contributed by atoms with van der Waals surface area (Å²) in [6.45, 7) is 16.2. The van der Waals surface area contributed by atoms with Gasteiger partial charge in [-0.2, -0.15) is 0 Å². The van der Waals surface area contributed by atoms with Crippen LogP contribution in [0, 0.1) is 5.41 Å². The molecule has 5 rings (SSSR count). The van der Waals surface area contributed by atoms with E-state index >= 15 is 0 Å². The van der Waals surface area contributed by atoms with E-state index in [1.54, 1.807) is 44.2 Å². The average Bonchev–Trinajstić information content (AvgIpc) is 3.34. The van der Waals surface area contributed by atoms with Gasteiger partial charge in [0.25, 0.3) is 8.32 Å². The maximum absolute atomic E-state index is 13.8. The monoisotopic (exact) mass is 736 g/mol. The first-order valence-electron chi connectivity index (χ1n) is 17.9. The highest BCUT2D eigenvalue weighted by Crippen LogP contribution is 2.48. The van der Waals surface area contributed by atoms with Crippen molar-refractivity contribution >= 4 is 28.5 Å². The van der Waals surface area contributed by atoms with Gasteiger partial charge in [-0.15, -0.1) is 0 Å². The molecule has 0 spiro atoms. The predicted octanol–water partition coefficient (Wildman–Crippen LogP) is 6.41. The standard InChI is InChI=1S/C41H56O8SSi/c1-30-36(49-40(7,8)47-30)28-32-27-31(37(42)41(45-9,48-32)39(5,6)29-50(43,44)33-19-13-10-14-20-33)25-26-46-51(38(2,3)4,34-21-15-11-16-22-34)35-23-17-12-18-24-35/h10-25,30,32,36-37,42H,26-29H2,1-9H3/b31-25+/t30-,32+,36-,37+,41-/m1/s1. The van der Waals surface area contributed by atoms with Crippen LogP contribution in [0.4, 0.5) is 0 Å². The third kappa shape index (κ3) is 7.99. The lowest BCUT2D eigenvalue weighted by atomic mass is 9.75. The van der Waals surface area contributed by atoms with Crippen LogP contribution in [0.2, 0.25) is 5.04 Å². The minimum atomic E-state index is -3.79. The zero-order chi connectivity index (χ0) is 37.3. The number of hydrogen-bond acceptors (Lipinski definition) is 8. The van der Waals surface area contributed by atoms with Crippen LogP contribution in [-0.4, -0.2) is 77.3 Å². The van der Waals surface area contributed by atoms with Crippen molar-refractivity contribution in [2.75, 3.05) is 19.5 Å². The molecule has 2 saturated heterocycles. The van der Waals surface area contributed by atoms with Crippen molar-refractivity contribution in [3.8, 4) is 0 Å². The van der Waals surface area contributed by atoms with E-state index in [-0.39, 0.29) is 34.5 Å². The fourth-order valence-corrected chi connectivity index (χ4v) is 14.5. The summed E-state index contributed by atoms with van der Waals surface area (Å²) in [6.07, 6.45) is 0.564. The minimum Gasteiger partial charge on any atom is -0.404 e. The van der Waals surface area contributed by atoms with Gasteiger partial charge in [0.2, 0.25) is 5.79 Å². The minimum absolute atomic E-state index is 0.190. The largest absolute Gasteiger partial charge is 0.404 e. The van der Waals surface area contributed by atoms with Crippen molar-refractivity contribution in [1.29, 1.82) is 0 Å². The van der Waals surface area contributed by atoms with Crippen molar-refractivity contribution < 1.29 is 36.9 Å². The van der Waals surface area contributed by atoms with Gasteiger partial charge in [-0.05, 0) is 60.3 Å². The SMILES string of the molecule is CO[C@@]1(C(C)(C)CS(=O)(=O)c2ccccc2)O[C@H](C[C@H]2OC(C)(C)O[C@@H]2C)C/C(=C\CO[Si](c2ccccc2)(c2ccccc2)C(C)(C)C)[C@@H]1O. The average molecular weight is 737 g/mol. The summed E-state index contributed by atoms with van der Waals surface area (Å²) in [6, 6.07) is 29.2. The summed E-state index contributed by atoms with van der Waals surface area (Å²) in [5.74, 6) is -2.78. The van der Waals surface area contributed by atoms with E-state index in [1.807, 2.05) is 39.0 Å². The highest BCUT2D eigenvalue weighted by atomic mass is 32.2. The molecule has 3 aromatic rings. The van der Waals surface area contributed by atoms with Crippen LogP contribution in [0.1, 0.15) is 68.2 Å². The van der Waals surface area contributed by atoms with E-state index in [9.17, 15) is 13.5 Å². The molecule has 8 nitrogen and oxygen atoms in total. The van der Waals surface area contributed by atoms with Crippen molar-refractivity contribution in [2.24, 2.45) is 5.41 Å². The Hall–Kier alpha value is -2.67. The number of benzene rings is 3. The number of ether oxygens (including phenoxy) is 4. The van der Waals surface area contributed by atoms with Crippen molar-refractivity contribution in [3.63, 3.8) is 0 Å². The molecule has 0 saturated carbocycles. The maximum atomic E-state index is 13.8. The smallest absolute Gasteiger partial charge is 0.261 e. The van der Waals surface area contributed by atoms with Crippen LogP contribution < -0.4 is 10.4 Å². The third-order valence-electron chi connectivity index (χ3n) is 10.4. The van der Waals surface area contributed by atoms with E-state index in [2.05, 4.69) is 69.3 Å². The molecule has 51 heavy (non-hydrogen) atoms. The molecule has 0 bridgehead atoms. The van der Waals surface area contributed by atoms with Crippen molar-refractivity contribution in [1.82, 2.24) is 0 Å². The second-order valence-electron chi connectivity index (χ2n) is 16.0. The first-order chi connectivity index (χ1) is 23.9. The molecular formula is C41H56O8SSi. The van der Waals surface area contributed by atoms with Crippen LogP contribution >= 0.6 is 0 Å². The van der Waals surface area contributed by atoms with Crippen molar-refractivity contribution in [3.05, 3.63) is 103 Å². The Morgan fingerprint density at radius 3 is 1.86 bits per heavy atom. The first kappa shape index (κ1) is 39.5. The molecular weight excluding hydrogens is 681 g/mol. The van der Waals surface area contributed by atoms with Gasteiger partial charge in [0.1, 0.15) is 6.10 Å². The normalized spacial score (nSPS) is 26.7. The predicted molar refractivity (Wildman–Crippen MR) is 203 cm³/mol. The summed E-state index contributed by atoms with van der Waals surface area (Å²) in [4.78, 5) is 0.202. The molecule has 278 valence electrons. The number of methoxy groups -OCH3 is 1. The molecule has 10 heteroatoms. The van der Waals surface area contributed by atoms with E-state index in [0.717, 1.165) is 10.4 Å². The van der Waals surface area contributed by atoms with Gasteiger partial charge in [0.05, 0.1) is 35.6 Å². The molecule has 2 aliphatic rings. The van der Waals surface area contributed by atoms with Crippen LogP contribution in [0.3, 0.4) is 0 Å². The van der Waals surface area contributed by atoms with Gasteiger partial charge < -0.3 is 28.5 Å². The van der Waals surface area contributed by atoms with E-state index in [0.29, 0.717) is 18.4 Å². The summed E-state index contributed by atoms with van der Waals surface area (Å²) < 4.78 is 60.1. The lowest BCUT2D eigenvalue weighted by Crippen LogP contribution is -2.66. The first-order valence-corrected chi connectivity index (χ1v) is 21.4. The Balaban J connectivity index is 1.55. The van der Waals surface area contributed by atoms with Crippen LogP contribution in [0.25, 0.3) is 0 Å². The number of aliphatic hydroxyl groups excluding tert-OH is 1. The molecule has 5 atom stereocenters. The Morgan fingerprint density at radius 1 is 0.863 bits per heavy atom. The molecule has 2 aliphatic heterocycles. The van der Waals surface area contributed by atoms with Crippen LogP contribution in [-0.2, 0) is 33.2 Å². The lowest BCUT2D eigenvalue weighted by Gasteiger charge is -2.53. The Labute approximate surface area is 306 Å². The van der Waals surface area contributed by atoms with E-state index in [1.165, 1.54) is 7.11 Å². The molecule has 0 radical (unpaired) electrons. The fourth-order valence-electron chi connectivity index (χ4n) is 8.10. The summed E-state index contributed by atoms with van der Waals surface area (Å²) in [5, 5.41) is 14.4. The molecule has 2 heterocycles. The third-order valence-corrected chi connectivity index (χ3v) is 17.5. The highest BCUT2D eigenvalue weighted by Gasteiger charge is 2.59. The molecule has 1 N–H and O–H groups in total. The van der Waals surface area contributed by atoms with Crippen LogP contribution in [0.15, 0.2) is 108 Å². The lowest BCUT2D eigenvalue weighted by molar-refractivity contribution is -0.342. The van der Waals surface area contributed by atoms with Gasteiger partial charge in [0.15, 0.2) is 15.6 Å². The van der Waals surface area contributed by atoms with Crippen LogP contribution in [0.5, 0.6) is 0 Å². The molecule has 0 aromatic heterocycles. The Kier molecular flexibility index (Phi) is 11.6. The van der Waals surface area contributed by atoms with E-state index in [4.69, 9.17) is 23.4 Å². The quantitative estimate of drug-likeness (QED) is 0.168. The Bertz CT molecular complexity index is 1700. The van der Waals surface area contributed by atoms with Crippen molar-refractivity contribution in [2.45, 2.75) is 114 Å². The number of aliphatic hydroxyl groups is 1. The van der Waals surface area contributed by atoms with Gasteiger partial charge >= 0.3 is 0 Å². The summed E-state index contributed by atoms with van der Waals surface area (Å²) >= 11 is 0. The Morgan fingerprint density at radius 2 is 1.39 bits per heavy atom. The van der Waals surface area contributed by atoms with E-state index < -0.39 is 47.4 Å². The summed E-state index contributed by atoms with van der Waals surface area (Å²) in [7, 11) is -5.20.